The molecule has 0 saturated heterocycles. The lowest BCUT2D eigenvalue weighted by Crippen LogP contribution is -2.12. The Morgan fingerprint density at radius 1 is 1.19 bits per heavy atom. The maximum atomic E-state index is 12.6. The molecule has 1 heterocycles. The maximum Gasteiger partial charge on any atom is 0.277 e. The van der Waals surface area contributed by atoms with E-state index in [2.05, 4.69) is 16.5 Å². The van der Waals surface area contributed by atoms with Crippen LogP contribution in [0.2, 0.25) is 0 Å². The van der Waals surface area contributed by atoms with Gasteiger partial charge in [-0.25, -0.2) is 0 Å². The first-order valence-corrected chi connectivity index (χ1v) is 9.51. The molecule has 0 saturated carbocycles. The molecule has 0 aliphatic rings. The van der Waals surface area contributed by atoms with Crippen molar-refractivity contribution in [3.05, 3.63) is 65.4 Å². The van der Waals surface area contributed by atoms with Crippen molar-refractivity contribution in [3.8, 4) is 17.4 Å². The molecule has 136 valence electrons. The summed E-state index contributed by atoms with van der Waals surface area (Å²) in [7, 11) is 0. The number of para-hydroxylation sites is 1. The molecule has 0 fully saturated rings. The van der Waals surface area contributed by atoms with Gasteiger partial charge >= 0.3 is 0 Å². The Morgan fingerprint density at radius 3 is 2.78 bits per heavy atom. The molecule has 5 nitrogen and oxygen atoms in total. The van der Waals surface area contributed by atoms with E-state index in [1.807, 2.05) is 56.3 Å². The van der Waals surface area contributed by atoms with E-state index in [-0.39, 0.29) is 11.6 Å². The number of nitriles is 1. The Bertz CT molecular complexity index is 1000. The SMILES string of the molecule is Cc1ccc(-c2cc(C(=O)Nc3ccccc3SCCC#N)no2)cc1C. The van der Waals surface area contributed by atoms with Crippen LogP contribution in [0, 0.1) is 25.2 Å². The summed E-state index contributed by atoms with van der Waals surface area (Å²) >= 11 is 1.53. The molecule has 27 heavy (non-hydrogen) atoms. The standard InChI is InChI=1S/C21H19N3O2S/c1-14-8-9-16(12-15(14)2)19-13-18(24-26-19)21(25)23-17-6-3-4-7-20(17)27-11-5-10-22/h3-4,6-9,12-13H,5,11H2,1-2H3,(H,23,25). The minimum absolute atomic E-state index is 0.222. The molecule has 2 aromatic carbocycles. The highest BCUT2D eigenvalue weighted by Gasteiger charge is 2.15. The van der Waals surface area contributed by atoms with Gasteiger partial charge in [-0.2, -0.15) is 5.26 Å². The lowest BCUT2D eigenvalue weighted by molar-refractivity contribution is 0.101. The minimum atomic E-state index is -0.331. The summed E-state index contributed by atoms with van der Waals surface area (Å²) in [6.07, 6.45) is 0.454. The minimum Gasteiger partial charge on any atom is -0.355 e. The van der Waals surface area contributed by atoms with Crippen LogP contribution in [-0.2, 0) is 0 Å². The van der Waals surface area contributed by atoms with E-state index >= 15 is 0 Å². The molecule has 0 aliphatic carbocycles. The zero-order valence-corrected chi connectivity index (χ0v) is 16.0. The summed E-state index contributed by atoms with van der Waals surface area (Å²) in [5.74, 6) is 0.895. The second-order valence-corrected chi connectivity index (χ2v) is 7.22. The third-order valence-electron chi connectivity index (χ3n) is 4.14. The number of hydrogen-bond acceptors (Lipinski definition) is 5. The van der Waals surface area contributed by atoms with E-state index in [0.29, 0.717) is 23.6 Å². The van der Waals surface area contributed by atoms with Gasteiger partial charge in [0, 0.05) is 28.7 Å². The van der Waals surface area contributed by atoms with Gasteiger partial charge in [-0.3, -0.25) is 4.79 Å². The first-order valence-electron chi connectivity index (χ1n) is 8.53. The van der Waals surface area contributed by atoms with E-state index in [0.717, 1.165) is 16.0 Å². The molecule has 0 aliphatic heterocycles. The smallest absolute Gasteiger partial charge is 0.277 e. The van der Waals surface area contributed by atoms with Gasteiger partial charge < -0.3 is 9.84 Å². The van der Waals surface area contributed by atoms with E-state index in [9.17, 15) is 4.79 Å². The second kappa shape index (κ2) is 8.56. The number of rotatable bonds is 6. The van der Waals surface area contributed by atoms with Gasteiger partial charge in [-0.15, -0.1) is 11.8 Å². The van der Waals surface area contributed by atoms with Crippen molar-refractivity contribution < 1.29 is 9.32 Å². The highest BCUT2D eigenvalue weighted by molar-refractivity contribution is 7.99. The van der Waals surface area contributed by atoms with Crippen molar-refractivity contribution in [1.29, 1.82) is 5.26 Å². The highest BCUT2D eigenvalue weighted by atomic mass is 32.2. The number of thioether (sulfide) groups is 1. The summed E-state index contributed by atoms with van der Waals surface area (Å²) in [4.78, 5) is 13.5. The van der Waals surface area contributed by atoms with Crippen LogP contribution in [-0.4, -0.2) is 16.8 Å². The summed E-state index contributed by atoms with van der Waals surface area (Å²) in [6.45, 7) is 4.08. The van der Waals surface area contributed by atoms with Crippen LogP contribution in [0.15, 0.2) is 57.9 Å². The van der Waals surface area contributed by atoms with E-state index < -0.39 is 0 Å². The number of nitrogens with one attached hydrogen (secondary N) is 1. The van der Waals surface area contributed by atoms with Crippen LogP contribution in [0.25, 0.3) is 11.3 Å². The molecule has 1 amide bonds. The maximum absolute atomic E-state index is 12.6. The van der Waals surface area contributed by atoms with Gasteiger partial charge in [0.05, 0.1) is 11.8 Å². The van der Waals surface area contributed by atoms with E-state index in [4.69, 9.17) is 9.78 Å². The van der Waals surface area contributed by atoms with Crippen LogP contribution in [0.5, 0.6) is 0 Å². The zero-order chi connectivity index (χ0) is 19.2. The lowest BCUT2D eigenvalue weighted by Gasteiger charge is -2.08. The van der Waals surface area contributed by atoms with Crippen molar-refractivity contribution >= 4 is 23.4 Å². The van der Waals surface area contributed by atoms with E-state index in [1.165, 1.54) is 17.3 Å². The number of aryl methyl sites for hydroxylation is 2. The Kier molecular flexibility index (Phi) is 5.94. The van der Waals surface area contributed by atoms with Gasteiger partial charge in [-0.05, 0) is 43.2 Å². The third-order valence-corrected chi connectivity index (χ3v) is 5.22. The number of anilines is 1. The normalized spacial score (nSPS) is 10.4. The van der Waals surface area contributed by atoms with Gasteiger partial charge in [-0.1, -0.05) is 29.4 Å². The molecule has 0 radical (unpaired) electrons. The Labute approximate surface area is 162 Å². The highest BCUT2D eigenvalue weighted by Crippen LogP contribution is 2.28. The lowest BCUT2D eigenvalue weighted by atomic mass is 10.0. The summed E-state index contributed by atoms with van der Waals surface area (Å²) in [5.41, 5.74) is 4.15. The van der Waals surface area contributed by atoms with Gasteiger partial charge in [0.2, 0.25) is 0 Å². The molecule has 0 spiro atoms. The predicted molar refractivity (Wildman–Crippen MR) is 107 cm³/mol. The largest absolute Gasteiger partial charge is 0.355 e. The first-order chi connectivity index (χ1) is 13.1. The molecule has 3 rings (SSSR count). The van der Waals surface area contributed by atoms with Gasteiger partial charge in [0.1, 0.15) is 0 Å². The second-order valence-electron chi connectivity index (χ2n) is 6.08. The van der Waals surface area contributed by atoms with Crippen molar-refractivity contribution in [2.24, 2.45) is 0 Å². The van der Waals surface area contributed by atoms with Crippen molar-refractivity contribution in [2.75, 3.05) is 11.1 Å². The fourth-order valence-corrected chi connectivity index (χ4v) is 3.36. The Balaban J connectivity index is 1.75. The third kappa shape index (κ3) is 4.57. The summed E-state index contributed by atoms with van der Waals surface area (Å²) in [5, 5.41) is 15.5. The van der Waals surface area contributed by atoms with Crippen molar-refractivity contribution in [3.63, 3.8) is 0 Å². The van der Waals surface area contributed by atoms with Crippen LogP contribution < -0.4 is 5.32 Å². The molecule has 1 N–H and O–H groups in total. The average Bonchev–Trinajstić information content (AvgIpc) is 3.16. The monoisotopic (exact) mass is 377 g/mol. The molecule has 3 aromatic rings. The van der Waals surface area contributed by atoms with Crippen LogP contribution in [0.3, 0.4) is 0 Å². The Hall–Kier alpha value is -3.04. The van der Waals surface area contributed by atoms with E-state index in [1.54, 1.807) is 6.07 Å². The number of hydrogen-bond donors (Lipinski definition) is 1. The molecule has 6 heteroatoms. The number of benzene rings is 2. The topological polar surface area (TPSA) is 78.9 Å². The van der Waals surface area contributed by atoms with Crippen molar-refractivity contribution in [1.82, 2.24) is 5.16 Å². The number of aromatic nitrogens is 1. The van der Waals surface area contributed by atoms with Crippen LogP contribution in [0.4, 0.5) is 5.69 Å². The van der Waals surface area contributed by atoms with Crippen LogP contribution >= 0.6 is 11.8 Å². The molecule has 1 aromatic heterocycles. The molecule has 0 atom stereocenters. The molecule has 0 bridgehead atoms. The van der Waals surface area contributed by atoms with Gasteiger partial charge in [0.15, 0.2) is 11.5 Å². The Morgan fingerprint density at radius 2 is 2.00 bits per heavy atom. The average molecular weight is 377 g/mol. The molecular formula is C21H19N3O2S. The quantitative estimate of drug-likeness (QED) is 0.471. The fraction of sp³-hybridized carbons (Fsp3) is 0.190. The summed E-state index contributed by atoms with van der Waals surface area (Å²) < 4.78 is 5.36. The molecule has 0 unspecified atom stereocenters. The first kappa shape index (κ1) is 18.7. The number of carbonyl (C=O) groups is 1. The number of amides is 1. The zero-order valence-electron chi connectivity index (χ0n) is 15.2. The predicted octanol–water partition coefficient (Wildman–Crippen LogP) is 5.22. The number of nitrogens with zero attached hydrogens (tertiary/aromatic N) is 2. The fourth-order valence-electron chi connectivity index (χ4n) is 2.50. The summed E-state index contributed by atoms with van der Waals surface area (Å²) in [6, 6.07) is 17.2. The number of carbonyl (C=O) groups excluding carboxylic acids is 1. The molecular weight excluding hydrogens is 358 g/mol. The van der Waals surface area contributed by atoms with Crippen molar-refractivity contribution in [2.45, 2.75) is 25.2 Å². The van der Waals surface area contributed by atoms with Gasteiger partial charge in [0.25, 0.3) is 5.91 Å². The van der Waals surface area contributed by atoms with Crippen LogP contribution in [0.1, 0.15) is 28.0 Å².